The number of alkyl halides is 3. The first-order valence-electron chi connectivity index (χ1n) is 5.63. The Morgan fingerprint density at radius 3 is 2.17 bits per heavy atom. The summed E-state index contributed by atoms with van der Waals surface area (Å²) >= 11 is 0. The van der Waals surface area contributed by atoms with Crippen LogP contribution >= 0.6 is 0 Å². The first-order valence-corrected chi connectivity index (χ1v) is 5.63. The predicted molar refractivity (Wildman–Crippen MR) is 56.7 cm³/mol. The second kappa shape index (κ2) is 4.78. The molecule has 0 radical (unpaired) electrons. The highest BCUT2D eigenvalue weighted by Crippen LogP contribution is 2.40. The smallest absolute Gasteiger partial charge is 0.394 e. The van der Waals surface area contributed by atoms with Crippen LogP contribution in [0.25, 0.3) is 0 Å². The molecule has 0 aliphatic heterocycles. The maximum atomic E-state index is 12.6. The highest BCUT2D eigenvalue weighted by atomic mass is 19.4. The van der Waals surface area contributed by atoms with Gasteiger partial charge in [-0.1, -0.05) is 13.8 Å². The molecule has 1 fully saturated rings. The number of nitrogens with one attached hydrogen (secondary N) is 1. The largest absolute Gasteiger partial charge is 0.480 e. The van der Waals surface area contributed by atoms with Gasteiger partial charge in [-0.05, 0) is 18.8 Å². The average molecular weight is 267 g/mol. The lowest BCUT2D eigenvalue weighted by Gasteiger charge is -2.27. The zero-order valence-corrected chi connectivity index (χ0v) is 10.2. The van der Waals surface area contributed by atoms with E-state index in [4.69, 9.17) is 5.11 Å². The van der Waals surface area contributed by atoms with Gasteiger partial charge in [-0.15, -0.1) is 0 Å². The molecule has 1 atom stereocenters. The van der Waals surface area contributed by atoms with Gasteiger partial charge in [0, 0.05) is 6.42 Å². The molecule has 2 N–H and O–H groups in total. The van der Waals surface area contributed by atoms with Crippen LogP contribution in [0, 0.1) is 11.3 Å². The highest BCUT2D eigenvalue weighted by Gasteiger charge is 2.49. The van der Waals surface area contributed by atoms with Crippen molar-refractivity contribution in [3.63, 3.8) is 0 Å². The summed E-state index contributed by atoms with van der Waals surface area (Å²) in [4.78, 5) is 22.3. The van der Waals surface area contributed by atoms with Crippen molar-refractivity contribution in [3.05, 3.63) is 0 Å². The van der Waals surface area contributed by atoms with Crippen molar-refractivity contribution in [2.75, 3.05) is 0 Å². The minimum absolute atomic E-state index is 0.152. The number of carbonyl (C=O) groups is 2. The second-order valence-corrected chi connectivity index (χ2v) is 5.28. The molecule has 1 rings (SSSR count). The Morgan fingerprint density at radius 2 is 1.83 bits per heavy atom. The standard InChI is InChI=1S/C11H16F3NO3/c1-10(2,11(12,13)14)5-7(16)15-8(9(17)18)6-3-4-6/h6,8H,3-5H2,1-2H3,(H,15,16)(H,17,18). The van der Waals surface area contributed by atoms with Crippen LogP contribution in [0.4, 0.5) is 13.2 Å². The quantitative estimate of drug-likeness (QED) is 0.800. The average Bonchev–Trinajstić information content (AvgIpc) is 2.94. The van der Waals surface area contributed by atoms with Crippen LogP contribution in [0.5, 0.6) is 0 Å². The minimum Gasteiger partial charge on any atom is -0.480 e. The van der Waals surface area contributed by atoms with Crippen LogP contribution in [-0.2, 0) is 9.59 Å². The molecule has 7 heteroatoms. The molecule has 1 aliphatic carbocycles. The number of halogens is 3. The molecule has 0 bridgehead atoms. The van der Waals surface area contributed by atoms with Crippen molar-refractivity contribution >= 4 is 11.9 Å². The molecule has 0 spiro atoms. The summed E-state index contributed by atoms with van der Waals surface area (Å²) in [5.41, 5.74) is -2.16. The maximum Gasteiger partial charge on any atom is 0.394 e. The summed E-state index contributed by atoms with van der Waals surface area (Å²) in [6.45, 7) is 1.83. The number of hydrogen-bond acceptors (Lipinski definition) is 2. The van der Waals surface area contributed by atoms with E-state index in [9.17, 15) is 22.8 Å². The van der Waals surface area contributed by atoms with E-state index in [2.05, 4.69) is 5.32 Å². The molecule has 1 unspecified atom stereocenters. The summed E-state index contributed by atoms with van der Waals surface area (Å²) in [5.74, 6) is -2.23. The molecule has 1 saturated carbocycles. The van der Waals surface area contributed by atoms with Crippen molar-refractivity contribution in [1.82, 2.24) is 5.32 Å². The van der Waals surface area contributed by atoms with Gasteiger partial charge in [-0.2, -0.15) is 13.2 Å². The number of carbonyl (C=O) groups excluding carboxylic acids is 1. The number of amides is 1. The Morgan fingerprint density at radius 1 is 1.33 bits per heavy atom. The van der Waals surface area contributed by atoms with Crippen LogP contribution in [0.15, 0.2) is 0 Å². The number of carboxylic acids is 1. The number of carboxylic acid groups (broad SMARTS) is 1. The van der Waals surface area contributed by atoms with Crippen LogP contribution < -0.4 is 5.32 Å². The maximum absolute atomic E-state index is 12.6. The van der Waals surface area contributed by atoms with Gasteiger partial charge in [-0.3, -0.25) is 4.79 Å². The van der Waals surface area contributed by atoms with Gasteiger partial charge in [0.05, 0.1) is 5.41 Å². The van der Waals surface area contributed by atoms with Gasteiger partial charge >= 0.3 is 12.1 Å². The predicted octanol–water partition coefficient (Wildman–Crippen LogP) is 1.94. The first kappa shape index (κ1) is 14.8. The summed E-state index contributed by atoms with van der Waals surface area (Å²) in [7, 11) is 0. The van der Waals surface area contributed by atoms with Gasteiger partial charge in [0.15, 0.2) is 0 Å². The zero-order valence-electron chi connectivity index (χ0n) is 10.2. The fourth-order valence-electron chi connectivity index (χ4n) is 1.54. The third kappa shape index (κ3) is 3.61. The lowest BCUT2D eigenvalue weighted by atomic mass is 9.88. The normalized spacial score (nSPS) is 18.3. The highest BCUT2D eigenvalue weighted by molar-refractivity contribution is 5.84. The zero-order chi connectivity index (χ0) is 14.1. The molecule has 1 amide bonds. The van der Waals surface area contributed by atoms with E-state index in [0.29, 0.717) is 12.8 Å². The van der Waals surface area contributed by atoms with E-state index in [0.717, 1.165) is 13.8 Å². The molecule has 0 aromatic rings. The van der Waals surface area contributed by atoms with Gasteiger partial charge in [-0.25, -0.2) is 4.79 Å². The summed E-state index contributed by atoms with van der Waals surface area (Å²) < 4.78 is 37.7. The third-order valence-corrected chi connectivity index (χ3v) is 3.05. The minimum atomic E-state index is -4.50. The monoisotopic (exact) mass is 267 g/mol. The SMILES string of the molecule is CC(C)(CC(=O)NC(C(=O)O)C1CC1)C(F)(F)F. The molecule has 104 valence electrons. The first-order chi connectivity index (χ1) is 8.04. The van der Waals surface area contributed by atoms with Crippen LogP contribution in [0.1, 0.15) is 33.1 Å². The molecule has 0 aromatic heterocycles. The molecule has 0 saturated heterocycles. The molecule has 18 heavy (non-hydrogen) atoms. The van der Waals surface area contributed by atoms with E-state index in [1.807, 2.05) is 0 Å². The fraction of sp³-hybridized carbons (Fsp3) is 0.818. The van der Waals surface area contributed by atoms with Crippen LogP contribution in [0.2, 0.25) is 0 Å². The Hall–Kier alpha value is -1.27. The lowest BCUT2D eigenvalue weighted by molar-refractivity contribution is -0.213. The van der Waals surface area contributed by atoms with Crippen molar-refractivity contribution < 1.29 is 27.9 Å². The molecular weight excluding hydrogens is 251 g/mol. The van der Waals surface area contributed by atoms with Gasteiger partial charge < -0.3 is 10.4 Å². The third-order valence-electron chi connectivity index (χ3n) is 3.05. The van der Waals surface area contributed by atoms with Gasteiger partial charge in [0.2, 0.25) is 5.91 Å². The molecular formula is C11H16F3NO3. The van der Waals surface area contributed by atoms with Crippen molar-refractivity contribution in [3.8, 4) is 0 Å². The van der Waals surface area contributed by atoms with E-state index in [1.54, 1.807) is 0 Å². The Balaban J connectivity index is 2.58. The number of hydrogen-bond donors (Lipinski definition) is 2. The van der Waals surface area contributed by atoms with E-state index >= 15 is 0 Å². The Kier molecular flexibility index (Phi) is 3.92. The Bertz CT molecular complexity index is 348. The summed E-state index contributed by atoms with van der Waals surface area (Å²) in [5, 5.41) is 11.0. The molecule has 4 nitrogen and oxygen atoms in total. The van der Waals surface area contributed by atoms with Gasteiger partial charge in [0.25, 0.3) is 0 Å². The van der Waals surface area contributed by atoms with Crippen molar-refractivity contribution in [2.24, 2.45) is 11.3 Å². The molecule has 0 heterocycles. The summed E-state index contributed by atoms with van der Waals surface area (Å²) in [6.07, 6.45) is -3.91. The number of rotatable bonds is 5. The Labute approximate surface area is 103 Å². The topological polar surface area (TPSA) is 66.4 Å². The van der Waals surface area contributed by atoms with Crippen LogP contribution in [0.3, 0.4) is 0 Å². The fourth-order valence-corrected chi connectivity index (χ4v) is 1.54. The number of aliphatic carboxylic acids is 1. The second-order valence-electron chi connectivity index (χ2n) is 5.28. The van der Waals surface area contributed by atoms with E-state index in [1.165, 1.54) is 0 Å². The summed E-state index contributed by atoms with van der Waals surface area (Å²) in [6, 6.07) is -1.07. The van der Waals surface area contributed by atoms with E-state index in [-0.39, 0.29) is 5.92 Å². The van der Waals surface area contributed by atoms with Crippen LogP contribution in [-0.4, -0.2) is 29.2 Å². The van der Waals surface area contributed by atoms with E-state index < -0.39 is 35.9 Å². The van der Waals surface area contributed by atoms with Gasteiger partial charge in [0.1, 0.15) is 6.04 Å². The molecule has 0 aromatic carbocycles. The lowest BCUT2D eigenvalue weighted by Crippen LogP contribution is -2.45. The van der Waals surface area contributed by atoms with Crippen molar-refractivity contribution in [1.29, 1.82) is 0 Å². The molecule has 1 aliphatic rings. The van der Waals surface area contributed by atoms with Crippen molar-refractivity contribution in [2.45, 2.75) is 45.3 Å².